The zero-order chi connectivity index (χ0) is 16.7. The molecule has 0 rings (SSSR count). The minimum Gasteiger partial charge on any atom is -0.480 e. The van der Waals surface area contributed by atoms with Crippen molar-refractivity contribution in [3.05, 3.63) is 0 Å². The first-order valence-corrected chi connectivity index (χ1v) is 8.44. The Hall–Kier alpha value is -0.390. The first kappa shape index (κ1) is 20.6. The van der Waals surface area contributed by atoms with Gasteiger partial charge in [-0.25, -0.2) is 0 Å². The third kappa shape index (κ3) is 7.98. The quantitative estimate of drug-likeness (QED) is 0.548. The summed E-state index contributed by atoms with van der Waals surface area (Å²) in [6.45, 7) is 7.77. The van der Waals surface area contributed by atoms with Crippen molar-refractivity contribution in [1.82, 2.24) is 0 Å². The number of thioether (sulfide) groups is 1. The second-order valence-electron chi connectivity index (χ2n) is 6.22. The van der Waals surface area contributed by atoms with Gasteiger partial charge in [-0.3, -0.25) is 4.79 Å². The van der Waals surface area contributed by atoms with Gasteiger partial charge in [0.05, 0.1) is 0 Å². The standard InChI is InChI=1S/C15H27F3O2S/c1-11(2)10-14(12(3)4,13(19)20)21-9-7-5-6-8-15(16,17)18/h11-12H,5-10H2,1-4H3,(H,19,20). The molecule has 0 amide bonds. The number of carbonyl (C=O) groups is 1. The monoisotopic (exact) mass is 328 g/mol. The Bertz CT molecular complexity index is 317. The average Bonchev–Trinajstić information content (AvgIpc) is 2.29. The van der Waals surface area contributed by atoms with Gasteiger partial charge in [-0.2, -0.15) is 13.2 Å². The minimum atomic E-state index is -4.09. The highest BCUT2D eigenvalue weighted by atomic mass is 32.2. The largest absolute Gasteiger partial charge is 0.480 e. The van der Waals surface area contributed by atoms with Crippen LogP contribution in [-0.4, -0.2) is 27.8 Å². The van der Waals surface area contributed by atoms with Gasteiger partial charge in [-0.1, -0.05) is 34.1 Å². The van der Waals surface area contributed by atoms with Crippen molar-refractivity contribution in [3.8, 4) is 0 Å². The van der Waals surface area contributed by atoms with Crippen molar-refractivity contribution in [3.63, 3.8) is 0 Å². The summed E-state index contributed by atoms with van der Waals surface area (Å²) in [6, 6.07) is 0. The summed E-state index contributed by atoms with van der Waals surface area (Å²) in [6.07, 6.45) is -3.03. The lowest BCUT2D eigenvalue weighted by atomic mass is 9.86. The van der Waals surface area contributed by atoms with Crippen LogP contribution in [0, 0.1) is 11.8 Å². The zero-order valence-electron chi connectivity index (χ0n) is 13.3. The van der Waals surface area contributed by atoms with Crippen LogP contribution in [0.5, 0.6) is 0 Å². The highest BCUT2D eigenvalue weighted by Gasteiger charge is 2.42. The van der Waals surface area contributed by atoms with E-state index >= 15 is 0 Å². The molecule has 0 aliphatic heterocycles. The molecule has 1 N–H and O–H groups in total. The average molecular weight is 328 g/mol. The van der Waals surface area contributed by atoms with Crippen molar-refractivity contribution in [2.45, 2.75) is 70.7 Å². The molecular weight excluding hydrogens is 301 g/mol. The number of hydrogen-bond donors (Lipinski definition) is 1. The van der Waals surface area contributed by atoms with Gasteiger partial charge in [0.25, 0.3) is 0 Å². The van der Waals surface area contributed by atoms with Gasteiger partial charge < -0.3 is 5.11 Å². The summed E-state index contributed by atoms with van der Waals surface area (Å²) in [5.74, 6) is 0.0278. The molecule has 0 bridgehead atoms. The van der Waals surface area contributed by atoms with Gasteiger partial charge in [0.1, 0.15) is 4.75 Å². The van der Waals surface area contributed by atoms with Crippen molar-refractivity contribution < 1.29 is 23.1 Å². The van der Waals surface area contributed by atoms with Gasteiger partial charge in [-0.05, 0) is 36.9 Å². The molecule has 0 aromatic heterocycles. The van der Waals surface area contributed by atoms with E-state index in [-0.39, 0.29) is 18.3 Å². The third-order valence-corrected chi connectivity index (χ3v) is 5.29. The van der Waals surface area contributed by atoms with Gasteiger partial charge in [0.15, 0.2) is 0 Å². The van der Waals surface area contributed by atoms with Crippen LogP contribution >= 0.6 is 11.8 Å². The molecule has 0 heterocycles. The number of halogens is 3. The van der Waals surface area contributed by atoms with E-state index in [1.54, 1.807) is 0 Å². The Morgan fingerprint density at radius 3 is 2.05 bits per heavy atom. The minimum absolute atomic E-state index is 0.0161. The van der Waals surface area contributed by atoms with Crippen LogP contribution in [0.3, 0.4) is 0 Å². The van der Waals surface area contributed by atoms with Gasteiger partial charge >= 0.3 is 12.1 Å². The number of rotatable bonds is 10. The zero-order valence-corrected chi connectivity index (χ0v) is 14.1. The van der Waals surface area contributed by atoms with E-state index in [0.717, 1.165) is 0 Å². The summed E-state index contributed by atoms with van der Waals surface area (Å²) in [4.78, 5) is 11.7. The van der Waals surface area contributed by atoms with Crippen LogP contribution < -0.4 is 0 Å². The molecule has 0 radical (unpaired) electrons. The van der Waals surface area contributed by atoms with E-state index in [1.807, 2.05) is 27.7 Å². The molecule has 0 spiro atoms. The van der Waals surface area contributed by atoms with E-state index < -0.39 is 23.3 Å². The van der Waals surface area contributed by atoms with Crippen molar-refractivity contribution >= 4 is 17.7 Å². The first-order valence-electron chi connectivity index (χ1n) is 7.45. The van der Waals surface area contributed by atoms with Gasteiger partial charge in [-0.15, -0.1) is 11.8 Å². The Labute approximate surface area is 129 Å². The molecule has 0 saturated heterocycles. The molecule has 0 fully saturated rings. The van der Waals surface area contributed by atoms with Crippen LogP contribution in [-0.2, 0) is 4.79 Å². The lowest BCUT2D eigenvalue weighted by Gasteiger charge is -2.34. The maximum Gasteiger partial charge on any atom is 0.389 e. The molecule has 1 atom stereocenters. The van der Waals surface area contributed by atoms with Crippen LogP contribution in [0.4, 0.5) is 13.2 Å². The predicted molar refractivity (Wildman–Crippen MR) is 81.6 cm³/mol. The lowest BCUT2D eigenvalue weighted by Crippen LogP contribution is -2.42. The lowest BCUT2D eigenvalue weighted by molar-refractivity contribution is -0.141. The molecule has 0 aliphatic rings. The predicted octanol–water partition coefficient (Wildman–Crippen LogP) is 5.37. The number of carboxylic acid groups (broad SMARTS) is 1. The van der Waals surface area contributed by atoms with Crippen molar-refractivity contribution in [2.75, 3.05) is 5.75 Å². The van der Waals surface area contributed by atoms with Gasteiger partial charge in [0.2, 0.25) is 0 Å². The molecule has 0 saturated carbocycles. The van der Waals surface area contributed by atoms with E-state index in [0.29, 0.717) is 25.0 Å². The van der Waals surface area contributed by atoms with Crippen molar-refractivity contribution in [1.29, 1.82) is 0 Å². The molecule has 126 valence electrons. The Kier molecular flexibility index (Phi) is 8.74. The summed E-state index contributed by atoms with van der Waals surface area (Å²) < 4.78 is 35.2. The fourth-order valence-electron chi connectivity index (χ4n) is 2.32. The highest BCUT2D eigenvalue weighted by Crippen LogP contribution is 2.40. The highest BCUT2D eigenvalue weighted by molar-refractivity contribution is 8.01. The van der Waals surface area contributed by atoms with Crippen LogP contribution in [0.15, 0.2) is 0 Å². The first-order chi connectivity index (χ1) is 9.51. The number of alkyl halides is 3. The molecule has 0 aliphatic carbocycles. The van der Waals surface area contributed by atoms with Gasteiger partial charge in [0, 0.05) is 6.42 Å². The number of hydrogen-bond acceptors (Lipinski definition) is 2. The molecule has 21 heavy (non-hydrogen) atoms. The molecule has 0 aromatic carbocycles. The second kappa shape index (κ2) is 8.91. The molecule has 6 heteroatoms. The summed E-state index contributed by atoms with van der Waals surface area (Å²) in [7, 11) is 0. The smallest absolute Gasteiger partial charge is 0.389 e. The van der Waals surface area contributed by atoms with Crippen LogP contribution in [0.25, 0.3) is 0 Å². The second-order valence-corrected chi connectivity index (χ2v) is 7.65. The fraction of sp³-hybridized carbons (Fsp3) is 0.933. The third-order valence-electron chi connectivity index (χ3n) is 3.47. The summed E-state index contributed by atoms with van der Waals surface area (Å²) in [5.41, 5.74) is 0. The van der Waals surface area contributed by atoms with E-state index in [1.165, 1.54) is 11.8 Å². The molecule has 0 aromatic rings. The van der Waals surface area contributed by atoms with E-state index in [2.05, 4.69) is 0 Å². The SMILES string of the molecule is CC(C)CC(SCCCCCC(F)(F)F)(C(=O)O)C(C)C. The topological polar surface area (TPSA) is 37.3 Å². The Morgan fingerprint density at radius 1 is 1.10 bits per heavy atom. The van der Waals surface area contributed by atoms with Crippen LogP contribution in [0.1, 0.15) is 59.8 Å². The molecular formula is C15H27F3O2S. The number of unbranched alkanes of at least 4 members (excludes halogenated alkanes) is 2. The summed E-state index contributed by atoms with van der Waals surface area (Å²) >= 11 is 1.39. The summed E-state index contributed by atoms with van der Waals surface area (Å²) in [5, 5.41) is 9.58. The number of aliphatic carboxylic acids is 1. The maximum absolute atomic E-state index is 12.0. The van der Waals surface area contributed by atoms with E-state index in [4.69, 9.17) is 0 Å². The normalized spacial score (nSPS) is 15.5. The maximum atomic E-state index is 12.0. The number of carboxylic acids is 1. The fourth-order valence-corrected chi connectivity index (χ4v) is 3.94. The Balaban J connectivity index is 4.34. The molecule has 1 unspecified atom stereocenters. The van der Waals surface area contributed by atoms with Crippen molar-refractivity contribution in [2.24, 2.45) is 11.8 Å². The Morgan fingerprint density at radius 2 is 1.67 bits per heavy atom. The van der Waals surface area contributed by atoms with Crippen LogP contribution in [0.2, 0.25) is 0 Å². The molecule has 2 nitrogen and oxygen atoms in total. The van der Waals surface area contributed by atoms with E-state index in [9.17, 15) is 23.1 Å².